The van der Waals surface area contributed by atoms with Crippen LogP contribution >= 0.6 is 0 Å². The van der Waals surface area contributed by atoms with Crippen molar-refractivity contribution in [3.05, 3.63) is 65.9 Å². The molecule has 184 valence electrons. The third-order valence-electron chi connectivity index (χ3n) is 6.66. The second-order valence-electron chi connectivity index (χ2n) is 9.25. The number of aromatic amines is 1. The molecule has 2 amide bonds. The summed E-state index contributed by atoms with van der Waals surface area (Å²) >= 11 is 0. The van der Waals surface area contributed by atoms with Crippen LogP contribution in [0.5, 0.6) is 0 Å². The van der Waals surface area contributed by atoms with Gasteiger partial charge < -0.3 is 24.3 Å². The van der Waals surface area contributed by atoms with Gasteiger partial charge in [0, 0.05) is 56.1 Å². The van der Waals surface area contributed by atoms with E-state index >= 15 is 0 Å². The summed E-state index contributed by atoms with van der Waals surface area (Å²) in [5, 5.41) is 0.611. The van der Waals surface area contributed by atoms with Crippen molar-refractivity contribution in [2.75, 3.05) is 39.4 Å². The molecule has 0 saturated carbocycles. The van der Waals surface area contributed by atoms with Gasteiger partial charge in [0.15, 0.2) is 0 Å². The van der Waals surface area contributed by atoms with Crippen LogP contribution in [0.4, 0.5) is 4.39 Å². The smallest absolute Gasteiger partial charge is 0.270 e. The first-order chi connectivity index (χ1) is 17.0. The summed E-state index contributed by atoms with van der Waals surface area (Å²) in [4.78, 5) is 37.2. The molecule has 3 aromatic rings. The van der Waals surface area contributed by atoms with Gasteiger partial charge in [0.05, 0.1) is 12.7 Å². The molecule has 0 spiro atoms. The normalized spacial score (nSPS) is 19.8. The molecular formula is C26H29FN4O4. The molecule has 1 atom stereocenters. The number of H-pyrrole nitrogens is 1. The van der Waals surface area contributed by atoms with Crippen molar-refractivity contribution in [1.82, 2.24) is 19.8 Å². The molecule has 8 nitrogen and oxygen atoms in total. The van der Waals surface area contributed by atoms with E-state index in [1.807, 2.05) is 17.0 Å². The summed E-state index contributed by atoms with van der Waals surface area (Å²) in [7, 11) is 0. The highest BCUT2D eigenvalue weighted by atomic mass is 19.1. The molecule has 2 saturated heterocycles. The first kappa shape index (κ1) is 23.4. The molecule has 0 unspecified atom stereocenters. The summed E-state index contributed by atoms with van der Waals surface area (Å²) < 4.78 is 25.3. The second kappa shape index (κ2) is 10.5. The molecule has 2 fully saturated rings. The zero-order valence-electron chi connectivity index (χ0n) is 19.5. The van der Waals surface area contributed by atoms with E-state index in [-0.39, 0.29) is 36.8 Å². The number of fused-ring (bicyclic) bond motifs is 1. The Morgan fingerprint density at radius 1 is 1.20 bits per heavy atom. The second-order valence-corrected chi connectivity index (χ2v) is 9.25. The van der Waals surface area contributed by atoms with Gasteiger partial charge in [0.25, 0.3) is 5.91 Å². The van der Waals surface area contributed by atoms with Crippen LogP contribution in [0.2, 0.25) is 0 Å². The molecule has 0 aliphatic carbocycles. The Bertz CT molecular complexity index is 1180. The fourth-order valence-corrected chi connectivity index (χ4v) is 4.74. The summed E-state index contributed by atoms with van der Waals surface area (Å²) in [5.74, 6) is -0.400. The predicted octanol–water partition coefficient (Wildman–Crippen LogP) is 3.00. The molecule has 5 rings (SSSR count). The number of carbonyl (C=O) groups excluding carboxylic acids is 2. The number of benzene rings is 1. The van der Waals surface area contributed by atoms with Crippen LogP contribution < -0.4 is 0 Å². The number of halogens is 1. The predicted molar refractivity (Wildman–Crippen MR) is 127 cm³/mol. The maximum atomic E-state index is 13.6. The lowest BCUT2D eigenvalue weighted by atomic mass is 9.99. The molecular weight excluding hydrogens is 451 g/mol. The van der Waals surface area contributed by atoms with Crippen LogP contribution in [0.15, 0.2) is 48.8 Å². The number of rotatable bonds is 6. The minimum Gasteiger partial charge on any atom is -0.381 e. The third kappa shape index (κ3) is 5.68. The van der Waals surface area contributed by atoms with E-state index in [2.05, 4.69) is 9.97 Å². The number of hydrogen-bond donors (Lipinski definition) is 1. The summed E-state index contributed by atoms with van der Waals surface area (Å²) in [6, 6.07) is 9.74. The minimum absolute atomic E-state index is 0.0292. The third-order valence-corrected chi connectivity index (χ3v) is 6.66. The number of ether oxygens (including phenoxy) is 2. The van der Waals surface area contributed by atoms with E-state index in [1.54, 1.807) is 24.5 Å². The maximum absolute atomic E-state index is 13.6. The minimum atomic E-state index is -0.368. The van der Waals surface area contributed by atoms with Crippen molar-refractivity contribution in [2.24, 2.45) is 5.92 Å². The van der Waals surface area contributed by atoms with Crippen molar-refractivity contribution in [3.8, 4) is 0 Å². The lowest BCUT2D eigenvalue weighted by Gasteiger charge is -2.30. The Kier molecular flexibility index (Phi) is 7.06. The van der Waals surface area contributed by atoms with Gasteiger partial charge >= 0.3 is 0 Å². The van der Waals surface area contributed by atoms with E-state index in [0.29, 0.717) is 55.4 Å². The van der Waals surface area contributed by atoms with Gasteiger partial charge in [0.2, 0.25) is 5.91 Å². The van der Waals surface area contributed by atoms with Gasteiger partial charge in [-0.05, 0) is 54.7 Å². The molecule has 9 heteroatoms. The van der Waals surface area contributed by atoms with Crippen molar-refractivity contribution in [2.45, 2.75) is 25.6 Å². The fourth-order valence-electron chi connectivity index (χ4n) is 4.74. The number of pyridine rings is 1. The van der Waals surface area contributed by atoms with Gasteiger partial charge in [-0.3, -0.25) is 14.6 Å². The topological polar surface area (TPSA) is 87.8 Å². The largest absolute Gasteiger partial charge is 0.381 e. The maximum Gasteiger partial charge on any atom is 0.270 e. The van der Waals surface area contributed by atoms with Gasteiger partial charge in [0.1, 0.15) is 18.1 Å². The van der Waals surface area contributed by atoms with Gasteiger partial charge in [-0.15, -0.1) is 0 Å². The van der Waals surface area contributed by atoms with E-state index in [0.717, 1.165) is 18.4 Å². The van der Waals surface area contributed by atoms with Crippen LogP contribution in [-0.4, -0.2) is 77.1 Å². The molecule has 0 radical (unpaired) electrons. The number of nitrogens with zero attached hydrogens (tertiary/aromatic N) is 3. The van der Waals surface area contributed by atoms with E-state index < -0.39 is 0 Å². The van der Waals surface area contributed by atoms with Crippen molar-refractivity contribution >= 4 is 22.7 Å². The van der Waals surface area contributed by atoms with E-state index in [1.165, 1.54) is 17.0 Å². The number of amides is 2. The fraction of sp³-hybridized carbons (Fsp3) is 0.423. The molecule has 1 aromatic carbocycles. The van der Waals surface area contributed by atoms with Gasteiger partial charge in [-0.1, -0.05) is 6.07 Å². The zero-order valence-corrected chi connectivity index (χ0v) is 19.5. The Morgan fingerprint density at radius 3 is 2.86 bits per heavy atom. The first-order valence-electron chi connectivity index (χ1n) is 12.0. The molecule has 2 aliphatic heterocycles. The Hall–Kier alpha value is -3.30. The molecule has 2 aliphatic rings. The Labute approximate surface area is 203 Å². The molecule has 0 bridgehead atoms. The number of hydrogen-bond acceptors (Lipinski definition) is 5. The first-order valence-corrected chi connectivity index (χ1v) is 12.0. The Balaban J connectivity index is 1.35. The lowest BCUT2D eigenvalue weighted by Crippen LogP contribution is -2.42. The van der Waals surface area contributed by atoms with Crippen molar-refractivity contribution in [1.29, 1.82) is 0 Å². The number of aromatic nitrogens is 2. The highest BCUT2D eigenvalue weighted by Crippen LogP contribution is 2.21. The van der Waals surface area contributed by atoms with Crippen molar-refractivity contribution in [3.63, 3.8) is 0 Å². The van der Waals surface area contributed by atoms with Crippen LogP contribution in [0, 0.1) is 11.7 Å². The highest BCUT2D eigenvalue weighted by Gasteiger charge is 2.33. The molecule has 35 heavy (non-hydrogen) atoms. The van der Waals surface area contributed by atoms with Crippen LogP contribution in [0.1, 0.15) is 28.9 Å². The summed E-state index contributed by atoms with van der Waals surface area (Å²) in [5.41, 5.74) is 1.92. The van der Waals surface area contributed by atoms with Crippen molar-refractivity contribution < 1.29 is 23.5 Å². The van der Waals surface area contributed by atoms with Gasteiger partial charge in [-0.2, -0.15) is 0 Å². The highest BCUT2D eigenvalue weighted by molar-refractivity contribution is 5.99. The van der Waals surface area contributed by atoms with E-state index in [4.69, 9.17) is 9.47 Å². The number of nitrogens with one attached hydrogen (secondary N) is 1. The van der Waals surface area contributed by atoms with Crippen LogP contribution in [-0.2, 0) is 20.9 Å². The van der Waals surface area contributed by atoms with Crippen LogP contribution in [0.3, 0.4) is 0 Å². The lowest BCUT2D eigenvalue weighted by molar-refractivity contribution is -0.132. The molecule has 4 heterocycles. The average molecular weight is 481 g/mol. The molecule has 1 N–H and O–H groups in total. The average Bonchev–Trinajstić information content (AvgIpc) is 3.23. The SMILES string of the molecule is O=C1CN(C(=O)c2cc3cc(F)ccc3[nH]2)C[C@@H](OCc2cccnc2)CN1CC1CCOCC1. The van der Waals surface area contributed by atoms with Gasteiger partial charge in [-0.25, -0.2) is 4.39 Å². The number of carbonyl (C=O) groups is 2. The molecule has 2 aromatic heterocycles. The van der Waals surface area contributed by atoms with Crippen LogP contribution in [0.25, 0.3) is 10.9 Å². The summed E-state index contributed by atoms with van der Waals surface area (Å²) in [6.07, 6.45) is 4.93. The zero-order chi connectivity index (χ0) is 24.2. The quantitative estimate of drug-likeness (QED) is 0.586. The standard InChI is InChI=1S/C26H29FN4O4/c27-21-3-4-23-20(10-21)11-24(29-23)26(33)31-15-22(35-17-19-2-1-7-28-12-19)14-30(25(32)16-31)13-18-5-8-34-9-6-18/h1-4,7,10-12,18,22,29H,5-6,8-9,13-17H2/t22-/m0/s1. The summed E-state index contributed by atoms with van der Waals surface area (Å²) in [6.45, 7) is 3.04. The Morgan fingerprint density at radius 2 is 2.06 bits per heavy atom. The monoisotopic (exact) mass is 480 g/mol. The van der Waals surface area contributed by atoms with E-state index in [9.17, 15) is 14.0 Å².